The predicted molar refractivity (Wildman–Crippen MR) is 59.5 cm³/mol. The van der Waals surface area contributed by atoms with E-state index in [-0.39, 0.29) is 23.6 Å². The van der Waals surface area contributed by atoms with Crippen molar-refractivity contribution >= 4 is 5.91 Å². The number of carbonyl (C=O) groups is 1. The summed E-state index contributed by atoms with van der Waals surface area (Å²) in [6.07, 6.45) is 1.71. The summed E-state index contributed by atoms with van der Waals surface area (Å²) in [5, 5.41) is 15.2. The highest BCUT2D eigenvalue weighted by molar-refractivity contribution is 5.76. The zero-order chi connectivity index (χ0) is 11.5. The molecular formula is C11H22N2O2. The van der Waals surface area contributed by atoms with Crippen LogP contribution in [0.1, 0.15) is 40.0 Å². The molecule has 0 aliphatic heterocycles. The lowest BCUT2D eigenvalue weighted by molar-refractivity contribution is -0.123. The Balaban J connectivity index is 2.04. The summed E-state index contributed by atoms with van der Waals surface area (Å²) in [5.41, 5.74) is 0.0624. The normalized spacial score (nSPS) is 25.9. The van der Waals surface area contributed by atoms with Crippen molar-refractivity contribution in [2.75, 3.05) is 6.54 Å². The minimum absolute atomic E-state index is 0.0624. The first kappa shape index (κ1) is 12.5. The van der Waals surface area contributed by atoms with Crippen molar-refractivity contribution in [1.82, 2.24) is 10.6 Å². The molecule has 1 saturated carbocycles. The minimum atomic E-state index is -0.206. The summed E-state index contributed by atoms with van der Waals surface area (Å²) in [7, 11) is 0. The maximum absolute atomic E-state index is 11.4. The number of nitrogens with one attached hydrogen (secondary N) is 2. The number of hydrogen-bond donors (Lipinski definition) is 3. The molecule has 4 nitrogen and oxygen atoms in total. The predicted octanol–water partition coefficient (Wildman–Crippen LogP) is 0.404. The lowest BCUT2D eigenvalue weighted by Gasteiger charge is -2.32. The van der Waals surface area contributed by atoms with Crippen LogP contribution in [0.4, 0.5) is 0 Å². The molecule has 1 aliphatic carbocycles. The van der Waals surface area contributed by atoms with Crippen LogP contribution in [0.3, 0.4) is 0 Å². The summed E-state index contributed by atoms with van der Waals surface area (Å²) < 4.78 is 0. The van der Waals surface area contributed by atoms with Crippen LogP contribution in [0.5, 0.6) is 0 Å². The van der Waals surface area contributed by atoms with Crippen molar-refractivity contribution < 1.29 is 9.90 Å². The molecule has 0 bridgehead atoms. The standard InChI is InChI=1S/C11H22N2O2/c1-11(2,3)12-5-4-10(15)13-8-6-9(14)7-8/h8-9,12,14H,4-7H2,1-3H3,(H,13,15). The second kappa shape index (κ2) is 4.94. The molecule has 0 heterocycles. The fraction of sp³-hybridized carbons (Fsp3) is 0.909. The summed E-state index contributed by atoms with van der Waals surface area (Å²) in [6.45, 7) is 6.93. The first-order valence-electron chi connectivity index (χ1n) is 5.59. The van der Waals surface area contributed by atoms with Gasteiger partial charge in [0.2, 0.25) is 5.91 Å². The number of aliphatic hydroxyl groups excluding tert-OH is 1. The van der Waals surface area contributed by atoms with E-state index in [9.17, 15) is 4.79 Å². The molecule has 1 rings (SSSR count). The van der Waals surface area contributed by atoms with E-state index in [1.807, 2.05) is 0 Å². The quantitative estimate of drug-likeness (QED) is 0.635. The number of carbonyl (C=O) groups excluding carboxylic acids is 1. The number of hydrogen-bond acceptors (Lipinski definition) is 3. The van der Waals surface area contributed by atoms with E-state index in [0.29, 0.717) is 25.8 Å². The monoisotopic (exact) mass is 214 g/mol. The Hall–Kier alpha value is -0.610. The maximum Gasteiger partial charge on any atom is 0.221 e. The van der Waals surface area contributed by atoms with Gasteiger partial charge >= 0.3 is 0 Å². The van der Waals surface area contributed by atoms with Gasteiger partial charge in [0.05, 0.1) is 6.10 Å². The molecule has 3 N–H and O–H groups in total. The van der Waals surface area contributed by atoms with Crippen molar-refractivity contribution in [3.63, 3.8) is 0 Å². The average Bonchev–Trinajstić information content (AvgIpc) is 1.98. The van der Waals surface area contributed by atoms with Crippen molar-refractivity contribution in [2.45, 2.75) is 57.7 Å². The minimum Gasteiger partial charge on any atom is -0.393 e. The molecule has 0 saturated heterocycles. The van der Waals surface area contributed by atoms with Gasteiger partial charge in [-0.1, -0.05) is 0 Å². The van der Waals surface area contributed by atoms with E-state index < -0.39 is 0 Å². The molecule has 0 radical (unpaired) electrons. The van der Waals surface area contributed by atoms with Crippen molar-refractivity contribution in [3.8, 4) is 0 Å². The zero-order valence-electron chi connectivity index (χ0n) is 9.84. The van der Waals surface area contributed by atoms with E-state index >= 15 is 0 Å². The fourth-order valence-corrected chi connectivity index (χ4v) is 1.56. The summed E-state index contributed by atoms with van der Waals surface area (Å²) >= 11 is 0. The molecule has 1 fully saturated rings. The molecule has 4 heteroatoms. The highest BCUT2D eigenvalue weighted by atomic mass is 16.3. The summed E-state index contributed by atoms with van der Waals surface area (Å²) in [4.78, 5) is 11.4. The SMILES string of the molecule is CC(C)(C)NCCC(=O)NC1CC(O)C1. The smallest absolute Gasteiger partial charge is 0.221 e. The molecule has 88 valence electrons. The van der Waals surface area contributed by atoms with Crippen molar-refractivity contribution in [1.29, 1.82) is 0 Å². The molecule has 0 unspecified atom stereocenters. The lowest BCUT2D eigenvalue weighted by atomic mass is 9.89. The Bertz CT molecular complexity index is 217. The van der Waals surface area contributed by atoms with Crippen LogP contribution < -0.4 is 10.6 Å². The molecular weight excluding hydrogens is 192 g/mol. The zero-order valence-corrected chi connectivity index (χ0v) is 9.84. The van der Waals surface area contributed by atoms with Gasteiger partial charge in [0.15, 0.2) is 0 Å². The van der Waals surface area contributed by atoms with Gasteiger partial charge in [0, 0.05) is 24.5 Å². The first-order valence-corrected chi connectivity index (χ1v) is 5.59. The highest BCUT2D eigenvalue weighted by Gasteiger charge is 2.28. The Morgan fingerprint density at radius 1 is 1.40 bits per heavy atom. The van der Waals surface area contributed by atoms with E-state index in [0.717, 1.165) is 0 Å². The van der Waals surface area contributed by atoms with Gasteiger partial charge in [-0.3, -0.25) is 4.79 Å². The van der Waals surface area contributed by atoms with Gasteiger partial charge in [-0.15, -0.1) is 0 Å². The van der Waals surface area contributed by atoms with Gasteiger partial charge in [-0.05, 0) is 33.6 Å². The van der Waals surface area contributed by atoms with E-state index in [1.54, 1.807) is 0 Å². The maximum atomic E-state index is 11.4. The molecule has 15 heavy (non-hydrogen) atoms. The Morgan fingerprint density at radius 3 is 2.47 bits per heavy atom. The van der Waals surface area contributed by atoms with Gasteiger partial charge in [-0.2, -0.15) is 0 Å². The third kappa shape index (κ3) is 5.14. The van der Waals surface area contributed by atoms with Gasteiger partial charge in [-0.25, -0.2) is 0 Å². The number of aliphatic hydroxyl groups is 1. The second-order valence-corrected chi connectivity index (χ2v) is 5.32. The molecule has 0 aromatic rings. The fourth-order valence-electron chi connectivity index (χ4n) is 1.56. The average molecular weight is 214 g/mol. The number of rotatable bonds is 4. The second-order valence-electron chi connectivity index (χ2n) is 5.32. The highest BCUT2D eigenvalue weighted by Crippen LogP contribution is 2.19. The summed E-state index contributed by atoms with van der Waals surface area (Å²) in [5.74, 6) is 0.0728. The van der Waals surface area contributed by atoms with Gasteiger partial charge < -0.3 is 15.7 Å². The molecule has 0 aromatic carbocycles. The third-order valence-electron chi connectivity index (χ3n) is 2.49. The third-order valence-corrected chi connectivity index (χ3v) is 2.49. The summed E-state index contributed by atoms with van der Waals surface area (Å²) in [6, 6.07) is 0.196. The van der Waals surface area contributed by atoms with Crippen LogP contribution in [0.15, 0.2) is 0 Å². The number of amides is 1. The van der Waals surface area contributed by atoms with Crippen LogP contribution >= 0.6 is 0 Å². The van der Waals surface area contributed by atoms with E-state index in [2.05, 4.69) is 31.4 Å². The van der Waals surface area contributed by atoms with Gasteiger partial charge in [0.1, 0.15) is 0 Å². The molecule has 1 amide bonds. The molecule has 0 spiro atoms. The van der Waals surface area contributed by atoms with Crippen LogP contribution in [0.2, 0.25) is 0 Å². The van der Waals surface area contributed by atoms with Crippen LogP contribution in [-0.2, 0) is 4.79 Å². The topological polar surface area (TPSA) is 61.4 Å². The molecule has 1 aliphatic rings. The largest absolute Gasteiger partial charge is 0.393 e. The Labute approximate surface area is 91.4 Å². The van der Waals surface area contributed by atoms with E-state index in [4.69, 9.17) is 5.11 Å². The van der Waals surface area contributed by atoms with E-state index in [1.165, 1.54) is 0 Å². The van der Waals surface area contributed by atoms with Crippen LogP contribution in [0.25, 0.3) is 0 Å². The van der Waals surface area contributed by atoms with Crippen LogP contribution in [0, 0.1) is 0 Å². The lowest BCUT2D eigenvalue weighted by Crippen LogP contribution is -2.47. The molecule has 0 atom stereocenters. The Kier molecular flexibility index (Phi) is 4.11. The van der Waals surface area contributed by atoms with Crippen molar-refractivity contribution in [3.05, 3.63) is 0 Å². The van der Waals surface area contributed by atoms with Crippen molar-refractivity contribution in [2.24, 2.45) is 0 Å². The Morgan fingerprint density at radius 2 is 2.00 bits per heavy atom. The molecule has 0 aromatic heterocycles. The first-order chi connectivity index (χ1) is 6.87. The van der Waals surface area contributed by atoms with Crippen LogP contribution in [-0.4, -0.2) is 35.2 Å². The van der Waals surface area contributed by atoms with Gasteiger partial charge in [0.25, 0.3) is 0 Å².